The Hall–Kier alpha value is -1.06. The van der Waals surface area contributed by atoms with Crippen molar-refractivity contribution in [1.82, 2.24) is 4.90 Å². The molecule has 0 saturated heterocycles. The standard InChI is InChI=1S/C14H20ClNO2/c1-14(2,16(3)4)13(17)9-10-8-11(15)6-7-12(10)18-5/h6-8H,9H2,1-5H3. The molecule has 1 aromatic rings. The van der Waals surface area contributed by atoms with Crippen molar-refractivity contribution in [1.29, 1.82) is 0 Å². The fraction of sp³-hybridized carbons (Fsp3) is 0.500. The Bertz CT molecular complexity index is 441. The van der Waals surface area contributed by atoms with Gasteiger partial charge in [-0.15, -0.1) is 0 Å². The normalized spacial score (nSPS) is 11.7. The van der Waals surface area contributed by atoms with Gasteiger partial charge in [-0.3, -0.25) is 9.69 Å². The number of hydrogen-bond donors (Lipinski definition) is 0. The topological polar surface area (TPSA) is 29.5 Å². The Morgan fingerprint density at radius 3 is 2.50 bits per heavy atom. The summed E-state index contributed by atoms with van der Waals surface area (Å²) in [6.07, 6.45) is 0.314. The smallest absolute Gasteiger partial charge is 0.156 e. The summed E-state index contributed by atoms with van der Waals surface area (Å²) >= 11 is 5.96. The third-order valence-corrected chi connectivity index (χ3v) is 3.63. The van der Waals surface area contributed by atoms with Crippen molar-refractivity contribution in [3.8, 4) is 5.75 Å². The zero-order valence-electron chi connectivity index (χ0n) is 11.6. The van der Waals surface area contributed by atoms with Crippen LogP contribution in [0.4, 0.5) is 0 Å². The summed E-state index contributed by atoms with van der Waals surface area (Å²) < 4.78 is 5.25. The number of carbonyl (C=O) groups excluding carboxylic acids is 1. The fourth-order valence-electron chi connectivity index (χ4n) is 1.52. The Labute approximate surface area is 114 Å². The number of halogens is 1. The van der Waals surface area contributed by atoms with Gasteiger partial charge >= 0.3 is 0 Å². The Balaban J connectivity index is 2.98. The molecule has 0 amide bonds. The summed E-state index contributed by atoms with van der Waals surface area (Å²) in [7, 11) is 5.38. The molecule has 1 rings (SSSR count). The van der Waals surface area contributed by atoms with Crippen molar-refractivity contribution in [2.75, 3.05) is 21.2 Å². The maximum absolute atomic E-state index is 12.3. The van der Waals surface area contributed by atoms with Crippen LogP contribution in [0.5, 0.6) is 5.75 Å². The molecule has 0 saturated carbocycles. The molecule has 0 fully saturated rings. The van der Waals surface area contributed by atoms with E-state index < -0.39 is 5.54 Å². The third-order valence-electron chi connectivity index (χ3n) is 3.39. The van der Waals surface area contributed by atoms with Crippen LogP contribution in [0.3, 0.4) is 0 Å². The Morgan fingerprint density at radius 2 is 2.00 bits per heavy atom. The van der Waals surface area contributed by atoms with Crippen molar-refractivity contribution >= 4 is 17.4 Å². The van der Waals surface area contributed by atoms with Gasteiger partial charge < -0.3 is 4.74 Å². The summed E-state index contributed by atoms with van der Waals surface area (Å²) in [6, 6.07) is 5.32. The molecule has 3 nitrogen and oxygen atoms in total. The number of likely N-dealkylation sites (N-methyl/N-ethyl adjacent to an activating group) is 1. The minimum atomic E-state index is -0.507. The average molecular weight is 270 g/mol. The van der Waals surface area contributed by atoms with Crippen molar-refractivity contribution in [2.24, 2.45) is 0 Å². The number of hydrogen-bond acceptors (Lipinski definition) is 3. The van der Waals surface area contributed by atoms with E-state index in [0.717, 1.165) is 5.56 Å². The first kappa shape index (κ1) is 15.0. The molecule has 0 aliphatic carbocycles. The summed E-state index contributed by atoms with van der Waals surface area (Å²) in [5, 5.41) is 0.612. The van der Waals surface area contributed by atoms with Crippen LogP contribution >= 0.6 is 11.6 Å². The lowest BCUT2D eigenvalue weighted by Gasteiger charge is -2.31. The number of ketones is 1. The number of benzene rings is 1. The van der Waals surface area contributed by atoms with Gasteiger partial charge in [0.05, 0.1) is 12.6 Å². The first-order chi connectivity index (χ1) is 8.28. The van der Waals surface area contributed by atoms with E-state index in [1.54, 1.807) is 25.3 Å². The van der Waals surface area contributed by atoms with E-state index in [4.69, 9.17) is 16.3 Å². The molecule has 18 heavy (non-hydrogen) atoms. The van der Waals surface area contributed by atoms with Gasteiger partial charge in [0.25, 0.3) is 0 Å². The number of ether oxygens (including phenoxy) is 1. The highest BCUT2D eigenvalue weighted by molar-refractivity contribution is 6.30. The molecule has 0 heterocycles. The molecule has 0 unspecified atom stereocenters. The van der Waals surface area contributed by atoms with Gasteiger partial charge in [0.15, 0.2) is 5.78 Å². The predicted octanol–water partition coefficient (Wildman–Crippen LogP) is 2.80. The number of carbonyl (C=O) groups is 1. The molecule has 100 valence electrons. The first-order valence-electron chi connectivity index (χ1n) is 5.82. The van der Waals surface area contributed by atoms with Gasteiger partial charge in [0.1, 0.15) is 5.75 Å². The maximum atomic E-state index is 12.3. The number of Topliss-reactive ketones (excluding diaryl/α,β-unsaturated/α-hetero) is 1. The van der Waals surface area contributed by atoms with E-state index >= 15 is 0 Å². The van der Waals surface area contributed by atoms with E-state index in [9.17, 15) is 4.79 Å². The maximum Gasteiger partial charge on any atom is 0.156 e. The zero-order chi connectivity index (χ0) is 13.9. The molecule has 0 atom stereocenters. The van der Waals surface area contributed by atoms with E-state index in [1.807, 2.05) is 32.8 Å². The molecule has 0 aromatic heterocycles. The van der Waals surface area contributed by atoms with Crippen molar-refractivity contribution in [2.45, 2.75) is 25.8 Å². The molecule has 1 aromatic carbocycles. The lowest BCUT2D eigenvalue weighted by Crippen LogP contribution is -2.46. The molecule has 0 bridgehead atoms. The van der Waals surface area contributed by atoms with E-state index in [0.29, 0.717) is 17.2 Å². The third kappa shape index (κ3) is 3.24. The summed E-state index contributed by atoms with van der Waals surface area (Å²) in [5.41, 5.74) is 0.317. The SMILES string of the molecule is COc1ccc(Cl)cc1CC(=O)C(C)(C)N(C)C. The molecule has 0 aliphatic heterocycles. The van der Waals surface area contributed by atoms with Crippen LogP contribution in [0, 0.1) is 0 Å². The number of nitrogens with zero attached hydrogens (tertiary/aromatic N) is 1. The first-order valence-corrected chi connectivity index (χ1v) is 6.20. The van der Waals surface area contributed by atoms with Crippen LogP contribution in [0.25, 0.3) is 0 Å². The van der Waals surface area contributed by atoms with Crippen molar-refractivity contribution < 1.29 is 9.53 Å². The van der Waals surface area contributed by atoms with Crippen molar-refractivity contribution in [3.63, 3.8) is 0 Å². The highest BCUT2D eigenvalue weighted by Crippen LogP contribution is 2.25. The largest absolute Gasteiger partial charge is 0.496 e. The van der Waals surface area contributed by atoms with Crippen LogP contribution < -0.4 is 4.74 Å². The Kier molecular flexibility index (Phi) is 4.77. The fourth-order valence-corrected chi connectivity index (χ4v) is 1.72. The molecular weight excluding hydrogens is 250 g/mol. The van der Waals surface area contributed by atoms with Gasteiger partial charge in [-0.1, -0.05) is 11.6 Å². The molecule has 0 spiro atoms. The minimum Gasteiger partial charge on any atom is -0.496 e. The predicted molar refractivity (Wildman–Crippen MR) is 74.5 cm³/mol. The second-order valence-corrected chi connectivity index (χ2v) is 5.45. The highest BCUT2D eigenvalue weighted by atomic mass is 35.5. The second-order valence-electron chi connectivity index (χ2n) is 5.01. The van der Waals surface area contributed by atoms with Gasteiger partial charge in [-0.05, 0) is 46.1 Å². The van der Waals surface area contributed by atoms with E-state index in [2.05, 4.69) is 0 Å². The summed E-state index contributed by atoms with van der Waals surface area (Å²) in [5.74, 6) is 0.829. The van der Waals surface area contributed by atoms with Crippen LogP contribution in [-0.4, -0.2) is 37.4 Å². The molecule has 0 N–H and O–H groups in total. The molecule has 0 aliphatic rings. The quantitative estimate of drug-likeness (QED) is 0.823. The van der Waals surface area contributed by atoms with Gasteiger partial charge in [-0.25, -0.2) is 0 Å². The molecule has 0 radical (unpaired) electrons. The molecule has 4 heteroatoms. The lowest BCUT2D eigenvalue weighted by molar-refractivity contribution is -0.127. The summed E-state index contributed by atoms with van der Waals surface area (Å²) in [6.45, 7) is 3.82. The number of methoxy groups -OCH3 is 1. The van der Waals surface area contributed by atoms with Crippen LogP contribution in [0.2, 0.25) is 5.02 Å². The highest BCUT2D eigenvalue weighted by Gasteiger charge is 2.30. The summed E-state index contributed by atoms with van der Waals surface area (Å²) in [4.78, 5) is 14.2. The van der Waals surface area contributed by atoms with Crippen LogP contribution in [0.15, 0.2) is 18.2 Å². The van der Waals surface area contributed by atoms with Gasteiger partial charge in [0.2, 0.25) is 0 Å². The van der Waals surface area contributed by atoms with E-state index in [-0.39, 0.29) is 5.78 Å². The average Bonchev–Trinajstić information content (AvgIpc) is 2.29. The Morgan fingerprint density at radius 1 is 1.39 bits per heavy atom. The minimum absolute atomic E-state index is 0.132. The van der Waals surface area contributed by atoms with Gasteiger partial charge in [0, 0.05) is 17.0 Å². The monoisotopic (exact) mass is 269 g/mol. The zero-order valence-corrected chi connectivity index (χ0v) is 12.3. The van der Waals surface area contributed by atoms with Crippen LogP contribution in [-0.2, 0) is 11.2 Å². The van der Waals surface area contributed by atoms with E-state index in [1.165, 1.54) is 0 Å². The van der Waals surface area contributed by atoms with Crippen LogP contribution in [0.1, 0.15) is 19.4 Å². The lowest BCUT2D eigenvalue weighted by atomic mass is 9.92. The number of rotatable bonds is 5. The van der Waals surface area contributed by atoms with Gasteiger partial charge in [-0.2, -0.15) is 0 Å². The van der Waals surface area contributed by atoms with Crippen molar-refractivity contribution in [3.05, 3.63) is 28.8 Å². The molecular formula is C14H20ClNO2. The second kappa shape index (κ2) is 5.72.